The third-order valence-electron chi connectivity index (χ3n) is 8.23. The van der Waals surface area contributed by atoms with E-state index in [9.17, 15) is 27.6 Å². The van der Waals surface area contributed by atoms with Crippen molar-refractivity contribution in [3.05, 3.63) is 36.9 Å². The summed E-state index contributed by atoms with van der Waals surface area (Å²) in [5, 5.41) is 8.30. The van der Waals surface area contributed by atoms with E-state index in [4.69, 9.17) is 4.74 Å². The number of amides is 4. The summed E-state index contributed by atoms with van der Waals surface area (Å²) in [6.07, 6.45) is 1.57. The monoisotopic (exact) mass is 603 g/mol. The van der Waals surface area contributed by atoms with Crippen molar-refractivity contribution in [3.63, 3.8) is 0 Å². The number of benzene rings is 1. The Morgan fingerprint density at radius 3 is 2.36 bits per heavy atom. The molecule has 42 heavy (non-hydrogen) atoms. The molecule has 2 aliphatic carbocycles. The normalized spacial score (nSPS) is 26.9. The lowest BCUT2D eigenvalue weighted by Gasteiger charge is -2.30. The molecule has 0 aromatic heterocycles. The second-order valence-electron chi connectivity index (χ2n) is 12.8. The van der Waals surface area contributed by atoms with Crippen LogP contribution >= 0.6 is 0 Å². The summed E-state index contributed by atoms with van der Waals surface area (Å²) in [6, 6.07) is 5.33. The molecular formula is C29H41N5O7S. The first-order valence-electron chi connectivity index (χ1n) is 14.1. The van der Waals surface area contributed by atoms with Crippen LogP contribution in [0.3, 0.4) is 0 Å². The van der Waals surface area contributed by atoms with Gasteiger partial charge >= 0.3 is 6.09 Å². The maximum absolute atomic E-state index is 13.7. The van der Waals surface area contributed by atoms with Gasteiger partial charge in [-0.3, -0.25) is 14.4 Å². The predicted molar refractivity (Wildman–Crippen MR) is 156 cm³/mol. The standard InChI is InChI=1S/C29H41N5O7S/c1-8-18-14-29(18,25(37)33-42(39,40)21-12-10-9-11-20(21)30-7)32-24(36)28-13-19(28)15-34(16-28)23(35)22(17(2)3)31-26(38)41-27(4,5)6/h8-12,17-19,22,30H,1,13-16H2,2-7H3,(H,31,38)(H,32,36)(H,33,37)/t18-,19?,22+,28?,29-/m1/s1. The Morgan fingerprint density at radius 1 is 1.12 bits per heavy atom. The molecular weight excluding hydrogens is 562 g/mol. The van der Waals surface area contributed by atoms with Crippen LogP contribution in [0.1, 0.15) is 47.5 Å². The van der Waals surface area contributed by atoms with Crippen molar-refractivity contribution >= 4 is 39.5 Å². The molecule has 13 heteroatoms. The topological polar surface area (TPSA) is 163 Å². The number of nitrogens with one attached hydrogen (secondary N) is 4. The number of ether oxygens (including phenoxy) is 1. The largest absolute Gasteiger partial charge is 0.444 e. The fourth-order valence-corrected chi connectivity index (χ4v) is 6.94. The molecule has 3 aliphatic rings. The van der Waals surface area contributed by atoms with E-state index in [-0.39, 0.29) is 35.6 Å². The van der Waals surface area contributed by atoms with E-state index in [1.165, 1.54) is 12.1 Å². The summed E-state index contributed by atoms with van der Waals surface area (Å²) in [7, 11) is -2.67. The third-order valence-corrected chi connectivity index (χ3v) is 9.62. The molecule has 230 valence electrons. The van der Waals surface area contributed by atoms with Crippen LogP contribution in [0.15, 0.2) is 41.8 Å². The summed E-state index contributed by atoms with van der Waals surface area (Å²) >= 11 is 0. The van der Waals surface area contributed by atoms with E-state index in [0.717, 1.165) is 0 Å². The van der Waals surface area contributed by atoms with Crippen molar-refractivity contribution in [2.45, 2.75) is 69.5 Å². The Morgan fingerprint density at radius 2 is 1.79 bits per heavy atom. The first-order chi connectivity index (χ1) is 19.5. The van der Waals surface area contributed by atoms with E-state index in [0.29, 0.717) is 18.7 Å². The number of carbonyl (C=O) groups is 4. The highest BCUT2D eigenvalue weighted by molar-refractivity contribution is 7.90. The minimum absolute atomic E-state index is 0.0939. The molecule has 3 fully saturated rings. The molecule has 0 bridgehead atoms. The van der Waals surface area contributed by atoms with Crippen LogP contribution in [-0.4, -0.2) is 74.5 Å². The number of para-hydroxylation sites is 1. The minimum Gasteiger partial charge on any atom is -0.444 e. The Labute approximate surface area is 247 Å². The smallest absolute Gasteiger partial charge is 0.408 e. The van der Waals surface area contributed by atoms with Gasteiger partial charge in [0, 0.05) is 26.1 Å². The SMILES string of the molecule is C=C[C@@H]1C[C@]1(NC(=O)C12CC1CN(C(=O)[C@@H](NC(=O)OC(C)(C)C)C(C)C)C2)C(=O)NS(=O)(=O)c1ccccc1NC. The molecule has 2 unspecified atom stereocenters. The first-order valence-corrected chi connectivity index (χ1v) is 15.6. The quantitative estimate of drug-likeness (QED) is 0.295. The number of piperidine rings is 1. The van der Waals surface area contributed by atoms with Gasteiger partial charge in [0.15, 0.2) is 0 Å². The summed E-state index contributed by atoms with van der Waals surface area (Å²) in [6.45, 7) is 13.0. The molecule has 1 aromatic carbocycles. The van der Waals surface area contributed by atoms with E-state index in [2.05, 4.69) is 27.3 Å². The van der Waals surface area contributed by atoms with Crippen LogP contribution < -0.4 is 20.7 Å². The molecule has 1 aromatic rings. The van der Waals surface area contributed by atoms with Crippen LogP contribution in [0, 0.1) is 23.2 Å². The van der Waals surface area contributed by atoms with Crippen LogP contribution in [0.2, 0.25) is 0 Å². The minimum atomic E-state index is -4.24. The average Bonchev–Trinajstić information content (AvgIpc) is 3.77. The van der Waals surface area contributed by atoms with Gasteiger partial charge in [0.2, 0.25) is 11.8 Å². The number of hydrogen-bond acceptors (Lipinski definition) is 8. The van der Waals surface area contributed by atoms with Crippen molar-refractivity contribution in [2.24, 2.45) is 23.2 Å². The number of anilines is 1. The second kappa shape index (κ2) is 10.9. The first kappa shape index (κ1) is 31.3. The number of carbonyl (C=O) groups excluding carboxylic acids is 4. The number of hydrogen-bond donors (Lipinski definition) is 4. The molecule has 12 nitrogen and oxygen atoms in total. The van der Waals surface area contributed by atoms with E-state index < -0.39 is 56.4 Å². The predicted octanol–water partition coefficient (Wildman–Crippen LogP) is 1.99. The number of fused-ring (bicyclic) bond motifs is 1. The van der Waals surface area contributed by atoms with Gasteiger partial charge in [-0.15, -0.1) is 6.58 Å². The zero-order valence-electron chi connectivity index (χ0n) is 24.9. The molecule has 4 rings (SSSR count). The molecule has 0 radical (unpaired) electrons. The lowest BCUT2D eigenvalue weighted by Crippen LogP contribution is -2.55. The van der Waals surface area contributed by atoms with Crippen molar-refractivity contribution in [2.75, 3.05) is 25.5 Å². The highest BCUT2D eigenvalue weighted by atomic mass is 32.2. The summed E-state index contributed by atoms with van der Waals surface area (Å²) in [5.41, 5.74) is -2.75. The van der Waals surface area contributed by atoms with Gasteiger partial charge in [-0.25, -0.2) is 17.9 Å². The fourth-order valence-electron chi connectivity index (χ4n) is 5.68. The Bertz CT molecular complexity index is 1400. The number of sulfonamides is 1. The zero-order valence-corrected chi connectivity index (χ0v) is 25.8. The molecule has 0 spiro atoms. The Balaban J connectivity index is 1.45. The maximum atomic E-state index is 13.7. The average molecular weight is 604 g/mol. The van der Waals surface area contributed by atoms with Crippen molar-refractivity contribution in [1.29, 1.82) is 0 Å². The summed E-state index contributed by atoms with van der Waals surface area (Å²) in [5.74, 6) is -2.35. The van der Waals surface area contributed by atoms with Crippen molar-refractivity contribution in [1.82, 2.24) is 20.3 Å². The fraction of sp³-hybridized carbons (Fsp3) is 0.586. The Kier molecular flexibility index (Phi) is 8.13. The highest BCUT2D eigenvalue weighted by Gasteiger charge is 2.69. The van der Waals surface area contributed by atoms with Gasteiger partial charge < -0.3 is 25.6 Å². The second-order valence-corrected chi connectivity index (χ2v) is 14.4. The molecule has 4 N–H and O–H groups in total. The van der Waals surface area contributed by atoms with E-state index in [1.54, 1.807) is 50.9 Å². The van der Waals surface area contributed by atoms with Crippen molar-refractivity contribution in [3.8, 4) is 0 Å². The number of likely N-dealkylation sites (tertiary alicyclic amines) is 1. The molecule has 4 amide bonds. The summed E-state index contributed by atoms with van der Waals surface area (Å²) in [4.78, 5) is 54.4. The van der Waals surface area contributed by atoms with Gasteiger partial charge in [0.25, 0.3) is 15.9 Å². The van der Waals surface area contributed by atoms with E-state index in [1.807, 2.05) is 13.8 Å². The Hall–Kier alpha value is -3.61. The molecule has 2 saturated carbocycles. The number of rotatable bonds is 10. The zero-order chi connectivity index (χ0) is 31.3. The van der Waals surface area contributed by atoms with Crippen LogP contribution in [0.25, 0.3) is 0 Å². The summed E-state index contributed by atoms with van der Waals surface area (Å²) < 4.78 is 33.7. The third kappa shape index (κ3) is 5.97. The number of alkyl carbamates (subject to hydrolysis) is 1. The van der Waals surface area contributed by atoms with Crippen LogP contribution in [0.4, 0.5) is 10.5 Å². The highest BCUT2D eigenvalue weighted by Crippen LogP contribution is 2.59. The van der Waals surface area contributed by atoms with Crippen LogP contribution in [0.5, 0.6) is 0 Å². The lowest BCUT2D eigenvalue weighted by molar-refractivity contribution is -0.136. The lowest BCUT2D eigenvalue weighted by atomic mass is 10.0. The molecule has 5 atom stereocenters. The maximum Gasteiger partial charge on any atom is 0.408 e. The van der Waals surface area contributed by atoms with E-state index >= 15 is 0 Å². The van der Waals surface area contributed by atoms with Crippen molar-refractivity contribution < 1.29 is 32.3 Å². The van der Waals surface area contributed by atoms with Gasteiger partial charge in [-0.1, -0.05) is 32.1 Å². The van der Waals surface area contributed by atoms with Gasteiger partial charge in [0.1, 0.15) is 22.1 Å². The molecule has 1 heterocycles. The molecule has 1 aliphatic heterocycles. The van der Waals surface area contributed by atoms with Crippen LogP contribution in [-0.2, 0) is 29.1 Å². The number of nitrogens with zero attached hydrogens (tertiary/aromatic N) is 1. The van der Waals surface area contributed by atoms with Gasteiger partial charge in [-0.05, 0) is 57.6 Å². The van der Waals surface area contributed by atoms with Gasteiger partial charge in [0.05, 0.1) is 11.1 Å². The molecule has 1 saturated heterocycles. The van der Waals surface area contributed by atoms with Gasteiger partial charge in [-0.2, -0.15) is 0 Å².